The lowest BCUT2D eigenvalue weighted by molar-refractivity contribution is 1.47. The molecule has 0 amide bonds. The van der Waals surface area contributed by atoms with Crippen molar-refractivity contribution < 1.29 is 0 Å². The second-order valence-electron chi connectivity index (χ2n) is 6.69. The lowest BCUT2D eigenvalue weighted by Crippen LogP contribution is -1.86. The monoisotopic (exact) mass is 437 g/mol. The van der Waals surface area contributed by atoms with Gasteiger partial charge in [0.25, 0.3) is 0 Å². The first kappa shape index (κ1) is 19.2. The SMILES string of the molecule is CC.N#Cc1cc(Br)cc(-c2ccc3c4ccccc4c4ccccc4c3c2)c1. The van der Waals surface area contributed by atoms with Gasteiger partial charge in [0.2, 0.25) is 0 Å². The lowest BCUT2D eigenvalue weighted by atomic mass is 9.92. The largest absolute Gasteiger partial charge is 0.192 e. The molecule has 0 aromatic heterocycles. The molecule has 5 aromatic carbocycles. The Morgan fingerprint density at radius 3 is 1.66 bits per heavy atom. The molecule has 140 valence electrons. The average molecular weight is 438 g/mol. The number of fused-ring (bicyclic) bond motifs is 6. The molecule has 0 aliphatic rings. The number of halogens is 1. The van der Waals surface area contributed by atoms with E-state index in [1.807, 2.05) is 26.0 Å². The predicted octanol–water partition coefficient (Wildman–Crippen LogP) is 8.47. The van der Waals surface area contributed by atoms with Crippen molar-refractivity contribution in [2.45, 2.75) is 13.8 Å². The Balaban J connectivity index is 0.000000994. The zero-order valence-electron chi connectivity index (χ0n) is 16.4. The average Bonchev–Trinajstić information content (AvgIpc) is 2.80. The minimum Gasteiger partial charge on any atom is -0.192 e. The van der Waals surface area contributed by atoms with Crippen LogP contribution >= 0.6 is 15.9 Å². The van der Waals surface area contributed by atoms with E-state index in [0.29, 0.717) is 5.56 Å². The number of hydrogen-bond donors (Lipinski definition) is 0. The first-order chi connectivity index (χ1) is 14.2. The summed E-state index contributed by atoms with van der Waals surface area (Å²) in [5, 5.41) is 16.9. The molecule has 0 atom stereocenters. The van der Waals surface area contributed by atoms with E-state index >= 15 is 0 Å². The Morgan fingerprint density at radius 1 is 0.586 bits per heavy atom. The van der Waals surface area contributed by atoms with Gasteiger partial charge in [-0.15, -0.1) is 0 Å². The van der Waals surface area contributed by atoms with Gasteiger partial charge < -0.3 is 0 Å². The highest BCUT2D eigenvalue weighted by molar-refractivity contribution is 9.10. The van der Waals surface area contributed by atoms with E-state index in [0.717, 1.165) is 15.6 Å². The van der Waals surface area contributed by atoms with E-state index in [1.54, 1.807) is 0 Å². The van der Waals surface area contributed by atoms with Crippen LogP contribution in [0.5, 0.6) is 0 Å². The third kappa shape index (κ3) is 3.39. The van der Waals surface area contributed by atoms with Crippen LogP contribution in [0, 0.1) is 11.3 Å². The van der Waals surface area contributed by atoms with E-state index < -0.39 is 0 Å². The summed E-state index contributed by atoms with van der Waals surface area (Å²) in [6.07, 6.45) is 0. The molecule has 0 saturated heterocycles. The first-order valence-electron chi connectivity index (χ1n) is 9.79. The van der Waals surface area contributed by atoms with Crippen LogP contribution < -0.4 is 0 Å². The van der Waals surface area contributed by atoms with Crippen LogP contribution in [0.2, 0.25) is 0 Å². The zero-order chi connectivity index (χ0) is 20.4. The third-order valence-electron chi connectivity index (χ3n) is 5.10. The lowest BCUT2D eigenvalue weighted by Gasteiger charge is -2.12. The van der Waals surface area contributed by atoms with Crippen molar-refractivity contribution in [3.63, 3.8) is 0 Å². The fourth-order valence-electron chi connectivity index (χ4n) is 3.91. The van der Waals surface area contributed by atoms with E-state index in [9.17, 15) is 5.26 Å². The summed E-state index contributed by atoms with van der Waals surface area (Å²) in [5.41, 5.74) is 2.81. The highest BCUT2D eigenvalue weighted by atomic mass is 79.9. The van der Waals surface area contributed by atoms with Gasteiger partial charge in [-0.3, -0.25) is 0 Å². The molecule has 0 spiro atoms. The molecule has 0 fully saturated rings. The first-order valence-corrected chi connectivity index (χ1v) is 10.6. The molecule has 0 bridgehead atoms. The highest BCUT2D eigenvalue weighted by Gasteiger charge is 2.10. The van der Waals surface area contributed by atoms with Gasteiger partial charge >= 0.3 is 0 Å². The number of nitriles is 1. The van der Waals surface area contributed by atoms with Crippen molar-refractivity contribution in [2.24, 2.45) is 0 Å². The second-order valence-corrected chi connectivity index (χ2v) is 7.61. The molecule has 1 nitrogen and oxygen atoms in total. The number of benzene rings is 5. The van der Waals surface area contributed by atoms with Crippen molar-refractivity contribution in [2.75, 3.05) is 0 Å². The van der Waals surface area contributed by atoms with Gasteiger partial charge in [-0.2, -0.15) is 5.26 Å². The van der Waals surface area contributed by atoms with E-state index in [1.165, 1.54) is 32.3 Å². The summed E-state index contributed by atoms with van der Waals surface area (Å²) in [6, 6.07) is 31.8. The minimum absolute atomic E-state index is 0.655. The maximum absolute atomic E-state index is 9.29. The summed E-state index contributed by atoms with van der Waals surface area (Å²) in [6.45, 7) is 4.00. The molecule has 0 aliphatic carbocycles. The Morgan fingerprint density at radius 2 is 1.10 bits per heavy atom. The van der Waals surface area contributed by atoms with Gasteiger partial charge in [0, 0.05) is 4.47 Å². The van der Waals surface area contributed by atoms with Crippen molar-refractivity contribution in [3.05, 3.63) is 95.0 Å². The molecular weight excluding hydrogens is 418 g/mol. The van der Waals surface area contributed by atoms with Crippen LogP contribution in [0.1, 0.15) is 19.4 Å². The van der Waals surface area contributed by atoms with Crippen molar-refractivity contribution in [1.82, 2.24) is 0 Å². The van der Waals surface area contributed by atoms with Crippen LogP contribution in [0.15, 0.2) is 89.4 Å². The van der Waals surface area contributed by atoms with Gasteiger partial charge in [-0.25, -0.2) is 0 Å². The second kappa shape index (κ2) is 8.07. The van der Waals surface area contributed by atoms with Crippen LogP contribution in [-0.4, -0.2) is 0 Å². The maximum Gasteiger partial charge on any atom is 0.0992 e. The Bertz CT molecular complexity index is 1360. The molecule has 0 aliphatic heterocycles. The van der Waals surface area contributed by atoms with Gasteiger partial charge in [-0.1, -0.05) is 90.4 Å². The molecule has 0 heterocycles. The number of rotatable bonds is 1. The van der Waals surface area contributed by atoms with E-state index in [2.05, 4.69) is 94.8 Å². The van der Waals surface area contributed by atoms with Crippen molar-refractivity contribution in [1.29, 1.82) is 5.26 Å². The minimum atomic E-state index is 0.655. The zero-order valence-corrected chi connectivity index (χ0v) is 18.0. The summed E-state index contributed by atoms with van der Waals surface area (Å²) in [5.74, 6) is 0. The third-order valence-corrected chi connectivity index (χ3v) is 5.56. The summed E-state index contributed by atoms with van der Waals surface area (Å²) >= 11 is 3.52. The summed E-state index contributed by atoms with van der Waals surface area (Å²) in [7, 11) is 0. The maximum atomic E-state index is 9.29. The van der Waals surface area contributed by atoms with E-state index in [4.69, 9.17) is 0 Å². The van der Waals surface area contributed by atoms with Crippen molar-refractivity contribution >= 4 is 48.2 Å². The fourth-order valence-corrected chi connectivity index (χ4v) is 4.40. The van der Waals surface area contributed by atoms with Gasteiger partial charge in [0.05, 0.1) is 11.6 Å². The Hall–Kier alpha value is -3.15. The molecule has 0 saturated carbocycles. The molecular formula is C27H20BrN. The fraction of sp³-hybridized carbons (Fsp3) is 0.0741. The van der Waals surface area contributed by atoms with Crippen LogP contribution in [0.3, 0.4) is 0 Å². The molecule has 0 unspecified atom stereocenters. The van der Waals surface area contributed by atoms with E-state index in [-0.39, 0.29) is 0 Å². The molecule has 0 radical (unpaired) electrons. The Kier molecular flexibility index (Phi) is 5.34. The molecule has 29 heavy (non-hydrogen) atoms. The van der Waals surface area contributed by atoms with Crippen LogP contribution in [-0.2, 0) is 0 Å². The molecule has 2 heteroatoms. The predicted molar refractivity (Wildman–Crippen MR) is 128 cm³/mol. The van der Waals surface area contributed by atoms with Crippen LogP contribution in [0.4, 0.5) is 0 Å². The molecule has 5 aromatic rings. The van der Waals surface area contributed by atoms with Crippen molar-refractivity contribution in [3.8, 4) is 17.2 Å². The van der Waals surface area contributed by atoms with Crippen LogP contribution in [0.25, 0.3) is 43.4 Å². The summed E-state index contributed by atoms with van der Waals surface area (Å²) in [4.78, 5) is 0. The van der Waals surface area contributed by atoms with Gasteiger partial charge in [-0.05, 0) is 67.7 Å². The highest BCUT2D eigenvalue weighted by Crippen LogP contribution is 2.37. The summed E-state index contributed by atoms with van der Waals surface area (Å²) < 4.78 is 0.917. The smallest absolute Gasteiger partial charge is 0.0992 e. The quantitative estimate of drug-likeness (QED) is 0.241. The van der Waals surface area contributed by atoms with Gasteiger partial charge in [0.1, 0.15) is 0 Å². The topological polar surface area (TPSA) is 23.8 Å². The molecule has 0 N–H and O–H groups in total. The van der Waals surface area contributed by atoms with Gasteiger partial charge in [0.15, 0.2) is 0 Å². The Labute approximate surface area is 179 Å². The standard InChI is InChI=1S/C25H14BrN.C2H6/c26-19-12-16(15-27)11-18(13-19)17-9-10-24-22-7-2-1-5-20(22)21-6-3-4-8-23(21)25(24)14-17;1-2/h1-14H;1-2H3. The number of hydrogen-bond acceptors (Lipinski definition) is 1. The normalized spacial score (nSPS) is 10.6. The number of nitrogens with zero attached hydrogens (tertiary/aromatic N) is 1. The molecule has 5 rings (SSSR count).